The van der Waals surface area contributed by atoms with Gasteiger partial charge < -0.3 is 10.1 Å². The Morgan fingerprint density at radius 2 is 1.96 bits per heavy atom. The first-order valence-corrected chi connectivity index (χ1v) is 8.95. The molecule has 1 amide bonds. The zero-order chi connectivity index (χ0) is 18.9. The van der Waals surface area contributed by atoms with E-state index in [-0.39, 0.29) is 17.6 Å². The SMILES string of the molecule is Cc1ccc(OC(C)(C)C(=O)NC2CCc3nn(C)c(=O)n3CC2)cc1. The molecule has 7 heteroatoms. The molecule has 2 aromatic rings. The molecule has 26 heavy (non-hydrogen) atoms. The van der Waals surface area contributed by atoms with Crippen molar-refractivity contribution in [2.24, 2.45) is 7.05 Å². The van der Waals surface area contributed by atoms with Crippen molar-refractivity contribution < 1.29 is 9.53 Å². The fraction of sp³-hybridized carbons (Fsp3) is 0.526. The van der Waals surface area contributed by atoms with Gasteiger partial charge in [0.15, 0.2) is 5.60 Å². The topological polar surface area (TPSA) is 78.2 Å². The number of nitrogens with one attached hydrogen (secondary N) is 1. The van der Waals surface area contributed by atoms with Gasteiger partial charge in [-0.3, -0.25) is 9.36 Å². The van der Waals surface area contributed by atoms with Crippen LogP contribution in [0.5, 0.6) is 5.75 Å². The van der Waals surface area contributed by atoms with Crippen LogP contribution >= 0.6 is 0 Å². The first-order chi connectivity index (χ1) is 12.3. The summed E-state index contributed by atoms with van der Waals surface area (Å²) in [4.78, 5) is 24.8. The van der Waals surface area contributed by atoms with E-state index in [2.05, 4.69) is 10.4 Å². The summed E-state index contributed by atoms with van der Waals surface area (Å²) in [5.41, 5.74) is 0.0578. The minimum absolute atomic E-state index is 0.00482. The fourth-order valence-electron chi connectivity index (χ4n) is 3.15. The second kappa shape index (κ2) is 6.97. The Hall–Kier alpha value is -2.57. The zero-order valence-electron chi connectivity index (χ0n) is 15.8. The van der Waals surface area contributed by atoms with E-state index in [1.165, 1.54) is 4.68 Å². The van der Waals surface area contributed by atoms with Crippen LogP contribution in [0.3, 0.4) is 0 Å². The Morgan fingerprint density at radius 3 is 2.65 bits per heavy atom. The lowest BCUT2D eigenvalue weighted by Gasteiger charge is -2.28. The van der Waals surface area contributed by atoms with Gasteiger partial charge in [-0.05, 0) is 45.7 Å². The Labute approximate surface area is 153 Å². The molecule has 0 spiro atoms. The molecule has 1 aromatic carbocycles. The quantitative estimate of drug-likeness (QED) is 0.900. The molecular weight excluding hydrogens is 332 g/mol. The molecule has 1 aromatic heterocycles. The van der Waals surface area contributed by atoms with Gasteiger partial charge in [0.25, 0.3) is 5.91 Å². The highest BCUT2D eigenvalue weighted by Crippen LogP contribution is 2.20. The maximum atomic E-state index is 12.7. The van der Waals surface area contributed by atoms with Crippen molar-refractivity contribution in [3.05, 3.63) is 46.1 Å². The number of carbonyl (C=O) groups excluding carboxylic acids is 1. The molecule has 140 valence electrons. The Morgan fingerprint density at radius 1 is 1.27 bits per heavy atom. The maximum absolute atomic E-state index is 12.7. The molecule has 0 saturated carbocycles. The average molecular weight is 358 g/mol. The number of carbonyl (C=O) groups is 1. The van der Waals surface area contributed by atoms with E-state index >= 15 is 0 Å². The number of benzene rings is 1. The van der Waals surface area contributed by atoms with E-state index in [9.17, 15) is 9.59 Å². The van der Waals surface area contributed by atoms with Crippen molar-refractivity contribution in [2.45, 2.75) is 58.2 Å². The molecular formula is C19H26N4O3. The summed E-state index contributed by atoms with van der Waals surface area (Å²) in [6, 6.07) is 7.64. The molecule has 1 atom stereocenters. The van der Waals surface area contributed by atoms with Gasteiger partial charge >= 0.3 is 5.69 Å². The molecule has 0 saturated heterocycles. The van der Waals surface area contributed by atoms with Crippen LogP contribution in [0.2, 0.25) is 0 Å². The maximum Gasteiger partial charge on any atom is 0.345 e. The van der Waals surface area contributed by atoms with E-state index in [1.54, 1.807) is 25.5 Å². The van der Waals surface area contributed by atoms with Gasteiger partial charge in [0.05, 0.1) is 0 Å². The van der Waals surface area contributed by atoms with Crippen molar-refractivity contribution in [1.82, 2.24) is 19.7 Å². The van der Waals surface area contributed by atoms with Crippen LogP contribution in [0.1, 0.15) is 38.1 Å². The molecule has 3 rings (SSSR count). The largest absolute Gasteiger partial charge is 0.478 e. The summed E-state index contributed by atoms with van der Waals surface area (Å²) < 4.78 is 8.95. The van der Waals surface area contributed by atoms with Gasteiger partial charge in [0.1, 0.15) is 11.6 Å². The third-order valence-corrected chi connectivity index (χ3v) is 4.78. The lowest BCUT2D eigenvalue weighted by atomic mass is 10.0. The van der Waals surface area contributed by atoms with E-state index in [4.69, 9.17) is 4.74 Å². The van der Waals surface area contributed by atoms with E-state index in [0.29, 0.717) is 25.1 Å². The van der Waals surface area contributed by atoms with Gasteiger partial charge in [-0.15, -0.1) is 0 Å². The van der Waals surface area contributed by atoms with E-state index in [1.807, 2.05) is 31.2 Å². The lowest BCUT2D eigenvalue weighted by molar-refractivity contribution is -0.135. The molecule has 1 N–H and O–H groups in total. The predicted molar refractivity (Wildman–Crippen MR) is 98.2 cm³/mol. The number of fused-ring (bicyclic) bond motifs is 1. The summed E-state index contributed by atoms with van der Waals surface area (Å²) in [7, 11) is 1.66. The molecule has 0 radical (unpaired) electrons. The lowest BCUT2D eigenvalue weighted by Crippen LogP contribution is -2.50. The van der Waals surface area contributed by atoms with Crippen molar-refractivity contribution in [2.75, 3.05) is 0 Å². The second-order valence-electron chi connectivity index (χ2n) is 7.40. The van der Waals surface area contributed by atoms with Crippen LogP contribution in [0.4, 0.5) is 0 Å². The Bertz CT molecular complexity index is 849. The van der Waals surface area contributed by atoms with Crippen molar-refractivity contribution in [3.63, 3.8) is 0 Å². The first-order valence-electron chi connectivity index (χ1n) is 8.95. The highest BCUT2D eigenvalue weighted by molar-refractivity contribution is 5.85. The number of nitrogens with zero attached hydrogens (tertiary/aromatic N) is 3. The summed E-state index contributed by atoms with van der Waals surface area (Å²) in [5.74, 6) is 1.29. The summed E-state index contributed by atoms with van der Waals surface area (Å²) >= 11 is 0. The molecule has 1 unspecified atom stereocenters. The summed E-state index contributed by atoms with van der Waals surface area (Å²) in [5, 5.41) is 7.34. The molecule has 0 bridgehead atoms. The highest BCUT2D eigenvalue weighted by atomic mass is 16.5. The fourth-order valence-corrected chi connectivity index (χ4v) is 3.15. The molecule has 1 aliphatic heterocycles. The van der Waals surface area contributed by atoms with Crippen LogP contribution in [0, 0.1) is 6.92 Å². The Balaban J connectivity index is 1.62. The standard InChI is InChI=1S/C19H26N4O3/c1-13-5-8-15(9-6-13)26-19(2,3)17(24)20-14-7-10-16-21-22(4)18(25)23(16)12-11-14/h5-6,8-9,14H,7,10-12H2,1-4H3,(H,20,24). The number of rotatable bonds is 4. The average Bonchev–Trinajstić information content (AvgIpc) is 2.74. The molecule has 0 aliphatic carbocycles. The van der Waals surface area contributed by atoms with Crippen molar-refractivity contribution in [3.8, 4) is 5.75 Å². The van der Waals surface area contributed by atoms with Crippen LogP contribution in [-0.4, -0.2) is 31.9 Å². The number of hydrogen-bond acceptors (Lipinski definition) is 4. The predicted octanol–water partition coefficient (Wildman–Crippen LogP) is 1.57. The van der Waals surface area contributed by atoms with Crippen molar-refractivity contribution >= 4 is 5.91 Å². The second-order valence-corrected chi connectivity index (χ2v) is 7.40. The molecule has 0 fully saturated rings. The third kappa shape index (κ3) is 3.81. The monoisotopic (exact) mass is 358 g/mol. The molecule has 1 aliphatic rings. The van der Waals surface area contributed by atoms with Gasteiger partial charge in [-0.25, -0.2) is 9.48 Å². The molecule has 7 nitrogen and oxygen atoms in total. The smallest absolute Gasteiger partial charge is 0.345 e. The first kappa shape index (κ1) is 18.2. The van der Waals surface area contributed by atoms with Gasteiger partial charge in [0.2, 0.25) is 0 Å². The number of aryl methyl sites for hydroxylation is 3. The highest BCUT2D eigenvalue weighted by Gasteiger charge is 2.32. The minimum Gasteiger partial charge on any atom is -0.478 e. The third-order valence-electron chi connectivity index (χ3n) is 4.78. The summed E-state index contributed by atoms with van der Waals surface area (Å²) in [6.45, 7) is 6.09. The number of amides is 1. The normalized spacial score (nSPS) is 17.3. The minimum atomic E-state index is -0.981. The van der Waals surface area contributed by atoms with E-state index < -0.39 is 5.60 Å². The van der Waals surface area contributed by atoms with Gasteiger partial charge in [-0.2, -0.15) is 5.10 Å². The van der Waals surface area contributed by atoms with Gasteiger partial charge in [-0.1, -0.05) is 17.7 Å². The van der Waals surface area contributed by atoms with E-state index in [0.717, 1.165) is 17.8 Å². The Kier molecular flexibility index (Phi) is 4.89. The van der Waals surface area contributed by atoms with Crippen LogP contribution < -0.4 is 15.7 Å². The zero-order valence-corrected chi connectivity index (χ0v) is 15.8. The number of aromatic nitrogens is 3. The molecule has 2 heterocycles. The van der Waals surface area contributed by atoms with Crippen LogP contribution in [0.15, 0.2) is 29.1 Å². The van der Waals surface area contributed by atoms with Gasteiger partial charge in [0, 0.05) is 26.1 Å². The number of hydrogen-bond donors (Lipinski definition) is 1. The van der Waals surface area contributed by atoms with Crippen LogP contribution in [0.25, 0.3) is 0 Å². The summed E-state index contributed by atoms with van der Waals surface area (Å²) in [6.07, 6.45) is 2.12. The van der Waals surface area contributed by atoms with Crippen LogP contribution in [-0.2, 0) is 24.8 Å². The number of ether oxygens (including phenoxy) is 1. The van der Waals surface area contributed by atoms with Crippen molar-refractivity contribution in [1.29, 1.82) is 0 Å².